The molecule has 3 aliphatic rings. The van der Waals surface area contributed by atoms with Gasteiger partial charge in [-0.05, 0) is 30.0 Å². The summed E-state index contributed by atoms with van der Waals surface area (Å²) in [4.78, 5) is 42.2. The lowest BCUT2D eigenvalue weighted by atomic mass is 10.0. The molecular weight excluding hydrogens is 484 g/mol. The third-order valence-electron chi connectivity index (χ3n) is 7.72. The van der Waals surface area contributed by atoms with E-state index in [1.165, 1.54) is 0 Å². The molecule has 0 aromatic heterocycles. The number of amides is 3. The highest BCUT2D eigenvalue weighted by atomic mass is 16.5. The summed E-state index contributed by atoms with van der Waals surface area (Å²) in [5, 5.41) is 13.3. The van der Waals surface area contributed by atoms with Gasteiger partial charge in [-0.1, -0.05) is 49.7 Å². The molecule has 0 aliphatic carbocycles. The topological polar surface area (TPSA) is 102 Å². The Hall–Kier alpha value is -3.27. The highest BCUT2D eigenvalue weighted by Gasteiger charge is 2.40. The number of fused-ring (bicyclic) bond motifs is 1. The van der Waals surface area contributed by atoms with Crippen LogP contribution in [0.1, 0.15) is 61.1 Å². The number of carbonyl (C=O) groups is 3. The predicted octanol–water partition coefficient (Wildman–Crippen LogP) is 2.32. The van der Waals surface area contributed by atoms with Crippen LogP contribution in [0.3, 0.4) is 0 Å². The van der Waals surface area contributed by atoms with Crippen molar-refractivity contribution in [3.8, 4) is 5.75 Å². The van der Waals surface area contributed by atoms with Crippen LogP contribution in [0.15, 0.2) is 42.5 Å². The van der Waals surface area contributed by atoms with E-state index in [1.807, 2.05) is 35.2 Å². The SMILES string of the molecule is CCCCN1CCN(Cc2ccc(COc3cccc4c3CN(C3CCC(=O)NC3=O)C4O)cc2)CC1=O. The Morgan fingerprint density at radius 3 is 2.55 bits per heavy atom. The van der Waals surface area contributed by atoms with E-state index in [9.17, 15) is 19.5 Å². The summed E-state index contributed by atoms with van der Waals surface area (Å²) in [7, 11) is 0. The Morgan fingerprint density at radius 1 is 1.03 bits per heavy atom. The first-order valence-corrected chi connectivity index (χ1v) is 13.5. The molecule has 0 spiro atoms. The molecule has 2 fully saturated rings. The molecule has 3 amide bonds. The van der Waals surface area contributed by atoms with Crippen LogP contribution in [0.2, 0.25) is 0 Å². The number of ether oxygens (including phenoxy) is 1. The summed E-state index contributed by atoms with van der Waals surface area (Å²) in [5.41, 5.74) is 3.77. The number of piperidine rings is 1. The second-order valence-electron chi connectivity index (χ2n) is 10.4. The minimum Gasteiger partial charge on any atom is -0.489 e. The number of aliphatic hydroxyl groups excluding tert-OH is 1. The molecule has 3 aliphatic heterocycles. The van der Waals surface area contributed by atoms with Crippen LogP contribution in [0.25, 0.3) is 0 Å². The van der Waals surface area contributed by atoms with E-state index in [4.69, 9.17) is 4.74 Å². The minimum absolute atomic E-state index is 0.214. The first-order valence-electron chi connectivity index (χ1n) is 13.5. The molecule has 9 heteroatoms. The summed E-state index contributed by atoms with van der Waals surface area (Å²) in [6.45, 7) is 6.65. The zero-order valence-corrected chi connectivity index (χ0v) is 21.9. The average Bonchev–Trinajstić information content (AvgIpc) is 3.24. The van der Waals surface area contributed by atoms with Gasteiger partial charge in [-0.2, -0.15) is 0 Å². The second kappa shape index (κ2) is 11.6. The van der Waals surface area contributed by atoms with Crippen molar-refractivity contribution in [2.24, 2.45) is 0 Å². The molecule has 3 heterocycles. The standard InChI is InChI=1S/C29H36N4O5/c1-2-3-13-32-15-14-31(18-27(32)35)16-20-7-9-21(10-8-20)19-38-25-6-4-5-22-23(25)17-33(29(22)37)24-11-12-26(34)30-28(24)36/h4-10,24,29,37H,2-3,11-19H2,1H3,(H,30,34,36). The molecule has 2 atom stereocenters. The molecule has 2 aromatic rings. The lowest BCUT2D eigenvalue weighted by Crippen LogP contribution is -2.51. The van der Waals surface area contributed by atoms with Crippen LogP contribution in [-0.4, -0.2) is 69.7 Å². The van der Waals surface area contributed by atoms with Crippen molar-refractivity contribution in [3.63, 3.8) is 0 Å². The van der Waals surface area contributed by atoms with Crippen LogP contribution in [-0.2, 0) is 34.1 Å². The molecule has 2 N–H and O–H groups in total. The van der Waals surface area contributed by atoms with Gasteiger partial charge in [0.05, 0.1) is 12.6 Å². The maximum absolute atomic E-state index is 12.4. The number of carbonyl (C=O) groups excluding carboxylic acids is 3. The lowest BCUT2D eigenvalue weighted by Gasteiger charge is -2.34. The van der Waals surface area contributed by atoms with Crippen LogP contribution in [0.5, 0.6) is 5.75 Å². The Labute approximate surface area is 223 Å². The zero-order valence-electron chi connectivity index (χ0n) is 21.9. The lowest BCUT2D eigenvalue weighted by molar-refractivity contribution is -0.142. The molecule has 5 rings (SSSR count). The smallest absolute Gasteiger partial charge is 0.244 e. The maximum atomic E-state index is 12.4. The van der Waals surface area contributed by atoms with Gasteiger partial charge in [0.2, 0.25) is 17.7 Å². The van der Waals surface area contributed by atoms with Crippen molar-refractivity contribution in [2.75, 3.05) is 26.2 Å². The molecule has 0 saturated carbocycles. The van der Waals surface area contributed by atoms with E-state index in [0.29, 0.717) is 31.9 Å². The largest absolute Gasteiger partial charge is 0.489 e. The van der Waals surface area contributed by atoms with Crippen molar-refractivity contribution >= 4 is 17.7 Å². The Morgan fingerprint density at radius 2 is 1.82 bits per heavy atom. The van der Waals surface area contributed by atoms with E-state index in [2.05, 4.69) is 29.3 Å². The first-order chi connectivity index (χ1) is 18.4. The van der Waals surface area contributed by atoms with Gasteiger partial charge in [0.15, 0.2) is 0 Å². The molecule has 9 nitrogen and oxygen atoms in total. The van der Waals surface area contributed by atoms with E-state index < -0.39 is 12.3 Å². The van der Waals surface area contributed by atoms with Crippen molar-refractivity contribution in [1.82, 2.24) is 20.0 Å². The number of imide groups is 1. The quantitative estimate of drug-likeness (QED) is 0.489. The predicted molar refractivity (Wildman–Crippen MR) is 141 cm³/mol. The zero-order chi connectivity index (χ0) is 26.6. The first kappa shape index (κ1) is 26.3. The normalized spacial score (nSPS) is 22.5. The fourth-order valence-electron chi connectivity index (χ4n) is 5.49. The van der Waals surface area contributed by atoms with Crippen LogP contribution in [0, 0.1) is 0 Å². The number of hydrogen-bond donors (Lipinski definition) is 2. The van der Waals surface area contributed by atoms with Crippen molar-refractivity contribution in [3.05, 3.63) is 64.7 Å². The van der Waals surface area contributed by atoms with Crippen LogP contribution < -0.4 is 10.1 Å². The monoisotopic (exact) mass is 520 g/mol. The van der Waals surface area contributed by atoms with Crippen molar-refractivity contribution in [1.29, 1.82) is 0 Å². The van der Waals surface area contributed by atoms with E-state index in [0.717, 1.165) is 61.3 Å². The van der Waals surface area contributed by atoms with Gasteiger partial charge in [0, 0.05) is 50.3 Å². The number of aliphatic hydroxyl groups is 1. The molecule has 2 aromatic carbocycles. The van der Waals surface area contributed by atoms with Gasteiger partial charge in [-0.3, -0.25) is 29.5 Å². The number of rotatable bonds is 9. The van der Waals surface area contributed by atoms with Gasteiger partial charge < -0.3 is 14.7 Å². The van der Waals surface area contributed by atoms with E-state index >= 15 is 0 Å². The number of nitrogens with zero attached hydrogens (tertiary/aromatic N) is 3. The molecule has 202 valence electrons. The Bertz CT molecular complexity index is 1180. The third kappa shape index (κ3) is 5.75. The number of piperazine rings is 1. The number of benzene rings is 2. The van der Waals surface area contributed by atoms with Crippen molar-refractivity contribution < 1.29 is 24.2 Å². The fourth-order valence-corrected chi connectivity index (χ4v) is 5.49. The summed E-state index contributed by atoms with van der Waals surface area (Å²) < 4.78 is 6.16. The maximum Gasteiger partial charge on any atom is 0.244 e. The van der Waals surface area contributed by atoms with Crippen LogP contribution in [0.4, 0.5) is 0 Å². The summed E-state index contributed by atoms with van der Waals surface area (Å²) in [6, 6.07) is 13.3. The van der Waals surface area contributed by atoms with Crippen LogP contribution >= 0.6 is 0 Å². The Kier molecular flexibility index (Phi) is 8.06. The molecule has 0 radical (unpaired) electrons. The molecule has 2 unspecified atom stereocenters. The highest BCUT2D eigenvalue weighted by Crippen LogP contribution is 2.39. The number of nitrogens with one attached hydrogen (secondary N) is 1. The molecular formula is C29H36N4O5. The Balaban J connectivity index is 1.16. The third-order valence-corrected chi connectivity index (χ3v) is 7.72. The average molecular weight is 521 g/mol. The summed E-state index contributed by atoms with van der Waals surface area (Å²) in [5.74, 6) is 0.260. The van der Waals surface area contributed by atoms with Gasteiger partial charge in [-0.15, -0.1) is 0 Å². The van der Waals surface area contributed by atoms with Gasteiger partial charge >= 0.3 is 0 Å². The molecule has 38 heavy (non-hydrogen) atoms. The van der Waals surface area contributed by atoms with E-state index in [1.54, 1.807) is 4.90 Å². The van der Waals surface area contributed by atoms with Gasteiger partial charge in [0.25, 0.3) is 0 Å². The number of hydrogen-bond acceptors (Lipinski definition) is 7. The van der Waals surface area contributed by atoms with E-state index in [-0.39, 0.29) is 24.1 Å². The van der Waals surface area contributed by atoms with Crippen molar-refractivity contribution in [2.45, 2.75) is 64.6 Å². The molecule has 2 saturated heterocycles. The molecule has 0 bridgehead atoms. The number of unbranched alkanes of at least 4 members (excludes halogenated alkanes) is 1. The summed E-state index contributed by atoms with van der Waals surface area (Å²) >= 11 is 0. The van der Waals surface area contributed by atoms with Gasteiger partial charge in [-0.25, -0.2) is 0 Å². The minimum atomic E-state index is -0.919. The highest BCUT2D eigenvalue weighted by molar-refractivity contribution is 6.00. The van der Waals surface area contributed by atoms with Gasteiger partial charge in [0.1, 0.15) is 18.6 Å². The second-order valence-corrected chi connectivity index (χ2v) is 10.4. The fraction of sp³-hybridized carbons (Fsp3) is 0.483. The summed E-state index contributed by atoms with van der Waals surface area (Å²) in [6.07, 6.45) is 1.89.